The molecule has 0 aliphatic rings. The van der Waals surface area contributed by atoms with Crippen LogP contribution in [0.25, 0.3) is 0 Å². The lowest BCUT2D eigenvalue weighted by Crippen LogP contribution is -2.10. The molecule has 0 heterocycles. The molecule has 1 aromatic carbocycles. The number of phenolic OH excluding ortho intramolecular Hbond substituents is 1. The van der Waals surface area contributed by atoms with E-state index in [0.29, 0.717) is 6.42 Å². The summed E-state index contributed by atoms with van der Waals surface area (Å²) in [6.45, 7) is 4.48. The number of amides is 1. The third-order valence-electron chi connectivity index (χ3n) is 3.09. The van der Waals surface area contributed by atoms with Gasteiger partial charge in [0.1, 0.15) is 5.75 Å². The van der Waals surface area contributed by atoms with Gasteiger partial charge >= 0.3 is 0 Å². The molecule has 1 rings (SSSR count). The first kappa shape index (κ1) is 15.5. The van der Waals surface area contributed by atoms with Gasteiger partial charge in [-0.3, -0.25) is 4.79 Å². The van der Waals surface area contributed by atoms with E-state index in [4.69, 9.17) is 5.11 Å². The molecule has 0 aliphatic heterocycles. The van der Waals surface area contributed by atoms with Crippen molar-refractivity contribution in [1.82, 2.24) is 0 Å². The average Bonchev–Trinajstić information content (AvgIpc) is 2.36. The van der Waals surface area contributed by atoms with Gasteiger partial charge in [-0.15, -0.1) is 0 Å². The lowest BCUT2D eigenvalue weighted by atomic mass is 10.0. The molecule has 0 fully saturated rings. The van der Waals surface area contributed by atoms with Crippen LogP contribution in [-0.2, 0) is 4.79 Å². The van der Waals surface area contributed by atoms with Crippen LogP contribution in [-0.4, -0.2) is 11.0 Å². The van der Waals surface area contributed by atoms with Gasteiger partial charge in [0.05, 0.1) is 0 Å². The van der Waals surface area contributed by atoms with Crippen molar-refractivity contribution in [3.63, 3.8) is 0 Å². The number of anilines is 1. The Balaban J connectivity index is 2.09. The van der Waals surface area contributed by atoms with Gasteiger partial charge in [0.2, 0.25) is 5.91 Å². The van der Waals surface area contributed by atoms with E-state index in [1.807, 2.05) is 0 Å². The highest BCUT2D eigenvalue weighted by Crippen LogP contribution is 2.15. The van der Waals surface area contributed by atoms with E-state index in [1.165, 1.54) is 19.3 Å². The van der Waals surface area contributed by atoms with E-state index >= 15 is 0 Å². The van der Waals surface area contributed by atoms with Crippen molar-refractivity contribution in [1.29, 1.82) is 0 Å². The Morgan fingerprint density at radius 2 is 1.74 bits per heavy atom. The van der Waals surface area contributed by atoms with Crippen molar-refractivity contribution in [2.24, 2.45) is 5.92 Å². The van der Waals surface area contributed by atoms with Crippen molar-refractivity contribution < 1.29 is 9.90 Å². The highest BCUT2D eigenvalue weighted by Gasteiger charge is 2.02. The van der Waals surface area contributed by atoms with Gasteiger partial charge in [-0.2, -0.15) is 0 Å². The van der Waals surface area contributed by atoms with E-state index in [2.05, 4.69) is 19.2 Å². The van der Waals surface area contributed by atoms with Crippen molar-refractivity contribution in [3.8, 4) is 5.75 Å². The van der Waals surface area contributed by atoms with Crippen molar-refractivity contribution >= 4 is 11.6 Å². The molecular weight excluding hydrogens is 238 g/mol. The maximum absolute atomic E-state index is 11.7. The number of phenols is 1. The van der Waals surface area contributed by atoms with E-state index in [1.54, 1.807) is 24.3 Å². The topological polar surface area (TPSA) is 49.3 Å². The molecule has 0 saturated heterocycles. The lowest BCUT2D eigenvalue weighted by Gasteiger charge is -2.06. The first-order chi connectivity index (χ1) is 9.08. The highest BCUT2D eigenvalue weighted by molar-refractivity contribution is 5.90. The summed E-state index contributed by atoms with van der Waals surface area (Å²) < 4.78 is 0. The molecule has 106 valence electrons. The monoisotopic (exact) mass is 263 g/mol. The first-order valence-corrected chi connectivity index (χ1v) is 7.17. The van der Waals surface area contributed by atoms with Gasteiger partial charge in [-0.25, -0.2) is 0 Å². The molecule has 2 N–H and O–H groups in total. The van der Waals surface area contributed by atoms with Crippen molar-refractivity contribution in [3.05, 3.63) is 24.3 Å². The van der Waals surface area contributed by atoms with Gasteiger partial charge in [0.15, 0.2) is 0 Å². The fourth-order valence-corrected chi connectivity index (χ4v) is 1.96. The SMILES string of the molecule is CC(C)CCCCCCC(=O)Nc1ccc(O)cc1. The smallest absolute Gasteiger partial charge is 0.224 e. The van der Waals surface area contributed by atoms with Crippen LogP contribution < -0.4 is 5.32 Å². The van der Waals surface area contributed by atoms with Crippen LogP contribution >= 0.6 is 0 Å². The molecule has 0 atom stereocenters. The van der Waals surface area contributed by atoms with Crippen LogP contribution in [0.5, 0.6) is 5.75 Å². The molecule has 0 bridgehead atoms. The number of benzene rings is 1. The summed E-state index contributed by atoms with van der Waals surface area (Å²) in [5.41, 5.74) is 0.739. The van der Waals surface area contributed by atoms with Crippen LogP contribution in [0, 0.1) is 5.92 Å². The molecule has 0 radical (unpaired) electrons. The molecule has 1 amide bonds. The quantitative estimate of drug-likeness (QED) is 0.542. The predicted molar refractivity (Wildman–Crippen MR) is 79.3 cm³/mol. The first-order valence-electron chi connectivity index (χ1n) is 7.17. The van der Waals surface area contributed by atoms with E-state index < -0.39 is 0 Å². The van der Waals surface area contributed by atoms with E-state index in [9.17, 15) is 4.79 Å². The van der Waals surface area contributed by atoms with E-state index in [0.717, 1.165) is 24.4 Å². The fourth-order valence-electron chi connectivity index (χ4n) is 1.96. The van der Waals surface area contributed by atoms with Gasteiger partial charge in [-0.05, 0) is 36.6 Å². The third-order valence-corrected chi connectivity index (χ3v) is 3.09. The maximum Gasteiger partial charge on any atom is 0.224 e. The zero-order chi connectivity index (χ0) is 14.1. The van der Waals surface area contributed by atoms with E-state index in [-0.39, 0.29) is 11.7 Å². The molecule has 0 spiro atoms. The minimum atomic E-state index is 0.0505. The van der Waals surface area contributed by atoms with Crippen LogP contribution in [0.4, 0.5) is 5.69 Å². The van der Waals surface area contributed by atoms with Crippen LogP contribution in [0.15, 0.2) is 24.3 Å². The maximum atomic E-state index is 11.7. The number of unbranched alkanes of at least 4 members (excludes halogenated alkanes) is 3. The summed E-state index contributed by atoms with van der Waals surface area (Å²) in [6, 6.07) is 6.55. The molecule has 3 heteroatoms. The van der Waals surface area contributed by atoms with Crippen LogP contribution in [0.2, 0.25) is 0 Å². The molecule has 3 nitrogen and oxygen atoms in total. The lowest BCUT2D eigenvalue weighted by molar-refractivity contribution is -0.116. The zero-order valence-corrected chi connectivity index (χ0v) is 12.0. The molecule has 0 aromatic heterocycles. The Morgan fingerprint density at radius 1 is 1.11 bits per heavy atom. The summed E-state index contributed by atoms with van der Waals surface area (Å²) >= 11 is 0. The second-order valence-electron chi connectivity index (χ2n) is 5.44. The Bertz CT molecular complexity index is 371. The molecule has 19 heavy (non-hydrogen) atoms. The highest BCUT2D eigenvalue weighted by atomic mass is 16.3. The zero-order valence-electron chi connectivity index (χ0n) is 12.0. The number of carbonyl (C=O) groups is 1. The standard InChI is InChI=1S/C16H25NO2/c1-13(2)7-5-3-4-6-8-16(19)17-14-9-11-15(18)12-10-14/h9-13,18H,3-8H2,1-2H3,(H,17,19). The predicted octanol–water partition coefficient (Wildman–Crippen LogP) is 4.33. The van der Waals surface area contributed by atoms with Gasteiger partial charge in [-0.1, -0.05) is 39.5 Å². The summed E-state index contributed by atoms with van der Waals surface area (Å²) in [4.78, 5) is 11.7. The summed E-state index contributed by atoms with van der Waals surface area (Å²) in [5.74, 6) is 1.04. The van der Waals surface area contributed by atoms with Crippen molar-refractivity contribution in [2.45, 2.75) is 52.4 Å². The molecule has 0 saturated carbocycles. The molecule has 1 aromatic rings. The second-order valence-corrected chi connectivity index (χ2v) is 5.44. The second kappa shape index (κ2) is 8.57. The molecule has 0 unspecified atom stereocenters. The summed E-state index contributed by atoms with van der Waals surface area (Å²) in [7, 11) is 0. The largest absolute Gasteiger partial charge is 0.508 e. The summed E-state index contributed by atoms with van der Waals surface area (Å²) in [5, 5.41) is 12.0. The number of nitrogens with one attached hydrogen (secondary N) is 1. The Labute approximate surface area is 116 Å². The summed E-state index contributed by atoms with van der Waals surface area (Å²) in [6.07, 6.45) is 6.39. The van der Waals surface area contributed by atoms with Crippen molar-refractivity contribution in [2.75, 3.05) is 5.32 Å². The van der Waals surface area contributed by atoms with Gasteiger partial charge in [0, 0.05) is 12.1 Å². The third kappa shape index (κ3) is 7.50. The Morgan fingerprint density at radius 3 is 2.37 bits per heavy atom. The Hall–Kier alpha value is -1.51. The minimum absolute atomic E-state index is 0.0505. The normalized spacial score (nSPS) is 10.7. The number of rotatable bonds is 8. The number of aromatic hydroxyl groups is 1. The minimum Gasteiger partial charge on any atom is -0.508 e. The number of hydrogen-bond acceptors (Lipinski definition) is 2. The van der Waals surface area contributed by atoms with Gasteiger partial charge < -0.3 is 10.4 Å². The molecular formula is C16H25NO2. The van der Waals surface area contributed by atoms with Gasteiger partial charge in [0.25, 0.3) is 0 Å². The number of hydrogen-bond donors (Lipinski definition) is 2. The van der Waals surface area contributed by atoms with Crippen LogP contribution in [0.1, 0.15) is 52.4 Å². The molecule has 0 aliphatic carbocycles. The fraction of sp³-hybridized carbons (Fsp3) is 0.562. The number of carbonyl (C=O) groups excluding carboxylic acids is 1. The average molecular weight is 263 g/mol. The van der Waals surface area contributed by atoms with Crippen LogP contribution in [0.3, 0.4) is 0 Å². The Kier molecular flexibility index (Phi) is 7.01.